The first-order valence-corrected chi connectivity index (χ1v) is 14.4. The molecular weight excluding hydrogens is 728 g/mol. The molecule has 2 aliphatic rings. The van der Waals surface area contributed by atoms with Crippen LogP contribution in [0.25, 0.3) is 32.3 Å². The predicted molar refractivity (Wildman–Crippen MR) is 164 cm³/mol. The van der Waals surface area contributed by atoms with Gasteiger partial charge in [0.1, 0.15) is 27.6 Å². The molecule has 3 aromatic heterocycles. The van der Waals surface area contributed by atoms with Gasteiger partial charge in [-0.1, -0.05) is 89.9 Å². The molecule has 1 N–H and O–H groups in total. The summed E-state index contributed by atoms with van der Waals surface area (Å²) in [6, 6.07) is 22.5. The topological polar surface area (TPSA) is 77.4 Å². The maximum Gasteiger partial charge on any atom is 1.00 e. The van der Waals surface area contributed by atoms with Gasteiger partial charge >= 0.3 is 68.9 Å². The molecule has 0 bridgehead atoms. The molecule has 0 unspecified atom stereocenters. The van der Waals surface area contributed by atoms with E-state index in [-0.39, 0.29) is 79.3 Å². The average Bonchev–Trinajstić information content (AvgIpc) is 3.97. The van der Waals surface area contributed by atoms with Gasteiger partial charge in [-0.3, -0.25) is 0 Å². The van der Waals surface area contributed by atoms with Crippen LogP contribution in [0.4, 0.5) is 4.39 Å². The molecule has 0 amide bonds. The quantitative estimate of drug-likeness (QED) is 0.280. The minimum absolute atomic E-state index is 0. The number of benzene rings is 3. The summed E-state index contributed by atoms with van der Waals surface area (Å²) < 4.78 is 24.8. The van der Waals surface area contributed by atoms with E-state index >= 15 is 0 Å². The molecule has 0 radical (unpaired) electrons. The summed E-state index contributed by atoms with van der Waals surface area (Å²) in [7, 11) is 0. The van der Waals surface area contributed by atoms with E-state index in [1.807, 2.05) is 54.6 Å². The zero-order chi connectivity index (χ0) is 29.1. The third-order valence-electron chi connectivity index (χ3n) is 6.78. The van der Waals surface area contributed by atoms with E-state index in [2.05, 4.69) is 15.0 Å². The third kappa shape index (κ3) is 8.52. The van der Waals surface area contributed by atoms with Crippen LogP contribution in [-0.4, -0.2) is 32.3 Å². The smallest absolute Gasteiger partial charge is 1.00 e. The fraction of sp³-hybridized carbons (Fsp3) is 0.182. The molecule has 3 aromatic carbocycles. The number of hydrogen-bond donors (Lipinski definition) is 1. The van der Waals surface area contributed by atoms with E-state index in [0.29, 0.717) is 33.6 Å². The van der Waals surface area contributed by atoms with E-state index in [9.17, 15) is 9.50 Å². The van der Waals surface area contributed by atoms with Gasteiger partial charge < -0.3 is 19.3 Å². The van der Waals surface area contributed by atoms with Crippen molar-refractivity contribution in [3.63, 3.8) is 0 Å². The number of pyridine rings is 3. The standard InChI is InChI=1S/C12H10ClNO.C12H10FNO.C9H6ClNO.Cs.FH/c2*13-12-10-4-2-1-3-9(10)11(7-14-12)15-8-5-6-8;10-9-7-4-2-1-3-6(7)8(12)5-11-9;;/h2*1-4,7-8H,5-6H2;1-5,12H;;1H/q;;;+1;/p-1. The van der Waals surface area contributed by atoms with Crippen LogP contribution in [0, 0.1) is 5.95 Å². The number of aromatic nitrogens is 3. The Bertz CT molecular complexity index is 1760. The second-order valence-corrected chi connectivity index (χ2v) is 10.7. The van der Waals surface area contributed by atoms with Crippen LogP contribution in [0.5, 0.6) is 17.2 Å². The summed E-state index contributed by atoms with van der Waals surface area (Å²) in [5, 5.41) is 15.2. The predicted octanol–water partition coefficient (Wildman–Crippen LogP) is 2.95. The number of hydrogen-bond acceptors (Lipinski definition) is 6. The minimum Gasteiger partial charge on any atom is -1.00 e. The van der Waals surface area contributed by atoms with Crippen molar-refractivity contribution in [2.75, 3.05) is 0 Å². The summed E-state index contributed by atoms with van der Waals surface area (Å²) in [4.78, 5) is 11.6. The Morgan fingerprint density at radius 2 is 0.977 bits per heavy atom. The monoisotopic (exact) mass is 753 g/mol. The van der Waals surface area contributed by atoms with Crippen molar-refractivity contribution in [2.45, 2.75) is 37.9 Å². The van der Waals surface area contributed by atoms with E-state index in [4.69, 9.17) is 32.7 Å². The first kappa shape index (κ1) is 34.7. The summed E-state index contributed by atoms with van der Waals surface area (Å²) in [5.41, 5.74) is 0. The largest absolute Gasteiger partial charge is 1.00 e. The van der Waals surface area contributed by atoms with Gasteiger partial charge in [0.05, 0.1) is 30.8 Å². The van der Waals surface area contributed by atoms with Gasteiger partial charge in [-0.25, -0.2) is 15.0 Å². The Balaban J connectivity index is 0.000000148. The van der Waals surface area contributed by atoms with Crippen molar-refractivity contribution in [3.8, 4) is 17.2 Å². The summed E-state index contributed by atoms with van der Waals surface area (Å²) in [6.07, 6.45) is 9.70. The average molecular weight is 754 g/mol. The van der Waals surface area contributed by atoms with Gasteiger partial charge in [0, 0.05) is 32.3 Å². The van der Waals surface area contributed by atoms with Gasteiger partial charge in [0.15, 0.2) is 0 Å². The molecule has 0 atom stereocenters. The number of fused-ring (bicyclic) bond motifs is 3. The van der Waals surface area contributed by atoms with Crippen LogP contribution >= 0.6 is 23.2 Å². The Hall–Kier alpha value is -2.22. The Morgan fingerprint density at radius 3 is 1.48 bits per heavy atom. The molecular formula is C33H26Cl2CsF2N3O3. The molecule has 220 valence electrons. The van der Waals surface area contributed by atoms with Crippen LogP contribution in [0.1, 0.15) is 25.7 Å². The Morgan fingerprint density at radius 1 is 0.591 bits per heavy atom. The molecule has 8 rings (SSSR count). The molecule has 3 heterocycles. The van der Waals surface area contributed by atoms with Gasteiger partial charge in [0.2, 0.25) is 5.95 Å². The second-order valence-electron chi connectivity index (χ2n) is 10.0. The molecule has 2 saturated carbocycles. The first-order valence-electron chi connectivity index (χ1n) is 13.6. The van der Waals surface area contributed by atoms with E-state index in [1.165, 1.54) is 12.4 Å². The fourth-order valence-electron chi connectivity index (χ4n) is 4.33. The molecule has 6 nitrogen and oxygen atoms in total. The maximum atomic E-state index is 13.4. The van der Waals surface area contributed by atoms with E-state index in [0.717, 1.165) is 58.4 Å². The van der Waals surface area contributed by atoms with E-state index in [1.54, 1.807) is 24.4 Å². The zero-order valence-electron chi connectivity index (χ0n) is 23.8. The van der Waals surface area contributed by atoms with Crippen molar-refractivity contribution >= 4 is 55.5 Å². The Kier molecular flexibility index (Phi) is 12.5. The van der Waals surface area contributed by atoms with Crippen LogP contribution in [0.2, 0.25) is 10.3 Å². The fourth-order valence-corrected chi connectivity index (χ4v) is 4.75. The third-order valence-corrected chi connectivity index (χ3v) is 7.38. The molecule has 0 spiro atoms. The molecule has 2 fully saturated rings. The van der Waals surface area contributed by atoms with Crippen molar-refractivity contribution < 1.29 is 92.6 Å². The van der Waals surface area contributed by atoms with Crippen molar-refractivity contribution in [2.24, 2.45) is 0 Å². The van der Waals surface area contributed by atoms with Crippen LogP contribution in [-0.2, 0) is 0 Å². The summed E-state index contributed by atoms with van der Waals surface area (Å²) in [5.74, 6) is 1.26. The molecule has 2 aliphatic carbocycles. The first-order chi connectivity index (χ1) is 20.5. The minimum atomic E-state index is -0.436. The van der Waals surface area contributed by atoms with E-state index < -0.39 is 5.95 Å². The molecule has 44 heavy (non-hydrogen) atoms. The maximum absolute atomic E-state index is 13.4. The summed E-state index contributed by atoms with van der Waals surface area (Å²) in [6.45, 7) is 0. The summed E-state index contributed by atoms with van der Waals surface area (Å²) >= 11 is 11.8. The molecule has 0 saturated heterocycles. The normalized spacial score (nSPS) is 13.4. The van der Waals surface area contributed by atoms with Gasteiger partial charge in [-0.2, -0.15) is 4.39 Å². The zero-order valence-corrected chi connectivity index (χ0v) is 31.6. The van der Waals surface area contributed by atoms with Crippen molar-refractivity contribution in [1.29, 1.82) is 0 Å². The van der Waals surface area contributed by atoms with Gasteiger partial charge in [-0.15, -0.1) is 0 Å². The number of ether oxygens (including phenoxy) is 2. The van der Waals surface area contributed by atoms with Crippen LogP contribution in [0.15, 0.2) is 91.4 Å². The SMILES string of the molecule is Clc1ncc(OC2CC2)c2ccccc12.Fc1ncc(OC2CC2)c2ccccc12.Oc1cnc(Cl)c2ccccc12.[Cs+].[F-]. The second kappa shape index (κ2) is 15.9. The molecule has 11 heteroatoms. The number of aromatic hydroxyl groups is 1. The number of halogens is 4. The van der Waals surface area contributed by atoms with Crippen molar-refractivity contribution in [1.82, 2.24) is 15.0 Å². The molecule has 6 aromatic rings. The number of rotatable bonds is 4. The van der Waals surface area contributed by atoms with Crippen LogP contribution in [0.3, 0.4) is 0 Å². The van der Waals surface area contributed by atoms with Gasteiger partial charge in [0.25, 0.3) is 0 Å². The molecule has 0 aliphatic heterocycles. The Labute approximate surface area is 321 Å². The van der Waals surface area contributed by atoms with Crippen molar-refractivity contribution in [3.05, 3.63) is 108 Å². The van der Waals surface area contributed by atoms with Gasteiger partial charge in [-0.05, 0) is 31.7 Å². The number of nitrogens with zero attached hydrogens (tertiary/aromatic N) is 3. The van der Waals surface area contributed by atoms with Crippen LogP contribution < -0.4 is 83.1 Å².